The normalized spacial score (nSPS) is 11.2. The molecule has 0 spiro atoms. The molecular weight excluding hydrogens is 286 g/mol. The van der Waals surface area contributed by atoms with E-state index in [1.807, 2.05) is 6.07 Å². The number of nitrogens with zero attached hydrogens (tertiary/aromatic N) is 1. The zero-order valence-electron chi connectivity index (χ0n) is 10.6. The Labute approximate surface area is 118 Å². The van der Waals surface area contributed by atoms with E-state index >= 15 is 0 Å². The van der Waals surface area contributed by atoms with E-state index in [0.29, 0.717) is 11.1 Å². The molecular formula is C15H9F4NO. The Bertz CT molecular complexity index is 679. The summed E-state index contributed by atoms with van der Waals surface area (Å²) in [6, 6.07) is 13.6. The number of alkyl halides is 4. The van der Waals surface area contributed by atoms with Crippen molar-refractivity contribution in [2.45, 2.75) is 12.5 Å². The molecule has 0 unspecified atom stereocenters. The Balaban J connectivity index is 2.44. The molecule has 0 N–H and O–H groups in total. The number of benzene rings is 2. The van der Waals surface area contributed by atoms with E-state index in [9.17, 15) is 17.6 Å². The average Bonchev–Trinajstić information content (AvgIpc) is 2.47. The van der Waals surface area contributed by atoms with Crippen molar-refractivity contribution in [3.05, 3.63) is 54.1 Å². The lowest BCUT2D eigenvalue weighted by atomic mass is 10.0. The highest BCUT2D eigenvalue weighted by Gasteiger charge is 2.44. The molecule has 2 rings (SSSR count). The standard InChI is InChI=1S/C15H9F4NO/c16-14(17)15(18,19)21-13-7-2-1-6-12(13)11-5-3-4-10(8-11)9-20/h1-8,14H. The number of rotatable bonds is 4. The number of nitriles is 1. The monoisotopic (exact) mass is 295 g/mol. The molecule has 0 atom stereocenters. The summed E-state index contributed by atoms with van der Waals surface area (Å²) in [4.78, 5) is 0. The first-order valence-corrected chi connectivity index (χ1v) is 5.88. The van der Waals surface area contributed by atoms with Gasteiger partial charge in [0.25, 0.3) is 0 Å². The van der Waals surface area contributed by atoms with E-state index in [-0.39, 0.29) is 11.3 Å². The fourth-order valence-electron chi connectivity index (χ4n) is 1.74. The zero-order chi connectivity index (χ0) is 15.5. The van der Waals surface area contributed by atoms with Gasteiger partial charge in [-0.15, -0.1) is 0 Å². The molecule has 0 aliphatic carbocycles. The van der Waals surface area contributed by atoms with E-state index in [2.05, 4.69) is 4.74 Å². The summed E-state index contributed by atoms with van der Waals surface area (Å²) < 4.78 is 54.7. The molecule has 0 fully saturated rings. The lowest BCUT2D eigenvalue weighted by Crippen LogP contribution is -2.33. The van der Waals surface area contributed by atoms with Crippen LogP contribution >= 0.6 is 0 Å². The molecule has 0 saturated heterocycles. The predicted molar refractivity (Wildman–Crippen MR) is 68.2 cm³/mol. The molecule has 0 heterocycles. The number of hydrogen-bond donors (Lipinski definition) is 0. The van der Waals surface area contributed by atoms with Gasteiger partial charge in [0.1, 0.15) is 5.75 Å². The van der Waals surface area contributed by atoms with Gasteiger partial charge < -0.3 is 4.74 Å². The first kappa shape index (κ1) is 14.9. The minimum absolute atomic E-state index is 0.204. The van der Waals surface area contributed by atoms with Crippen LogP contribution in [0, 0.1) is 11.3 Å². The second kappa shape index (κ2) is 5.83. The van der Waals surface area contributed by atoms with Gasteiger partial charge in [0.05, 0.1) is 11.6 Å². The molecule has 108 valence electrons. The average molecular weight is 295 g/mol. The first-order valence-electron chi connectivity index (χ1n) is 5.88. The van der Waals surface area contributed by atoms with Gasteiger partial charge in [-0.05, 0) is 23.8 Å². The smallest absolute Gasteiger partial charge is 0.428 e. The van der Waals surface area contributed by atoms with E-state index in [1.54, 1.807) is 24.3 Å². The van der Waals surface area contributed by atoms with Gasteiger partial charge >= 0.3 is 12.5 Å². The summed E-state index contributed by atoms with van der Waals surface area (Å²) in [6.07, 6.45) is -8.51. The summed E-state index contributed by atoms with van der Waals surface area (Å²) >= 11 is 0. The maximum Gasteiger partial charge on any atom is 0.461 e. The van der Waals surface area contributed by atoms with Crippen molar-refractivity contribution in [2.75, 3.05) is 0 Å². The molecule has 0 saturated carbocycles. The Hall–Kier alpha value is -2.55. The van der Waals surface area contributed by atoms with Crippen LogP contribution < -0.4 is 4.74 Å². The third kappa shape index (κ3) is 3.31. The third-order valence-corrected chi connectivity index (χ3v) is 2.69. The maximum absolute atomic E-state index is 13.0. The van der Waals surface area contributed by atoms with Crippen LogP contribution in [0.15, 0.2) is 48.5 Å². The molecule has 2 aromatic carbocycles. The molecule has 0 aromatic heterocycles. The van der Waals surface area contributed by atoms with Crippen LogP contribution in [0.1, 0.15) is 5.56 Å². The molecule has 2 nitrogen and oxygen atoms in total. The van der Waals surface area contributed by atoms with Crippen molar-refractivity contribution in [3.63, 3.8) is 0 Å². The van der Waals surface area contributed by atoms with Crippen molar-refractivity contribution in [1.82, 2.24) is 0 Å². The lowest BCUT2D eigenvalue weighted by Gasteiger charge is -2.19. The molecule has 0 bridgehead atoms. The summed E-state index contributed by atoms with van der Waals surface area (Å²) in [5.74, 6) is -0.377. The molecule has 6 heteroatoms. The summed E-state index contributed by atoms with van der Waals surface area (Å²) in [5, 5.41) is 8.84. The topological polar surface area (TPSA) is 33.0 Å². The van der Waals surface area contributed by atoms with E-state index < -0.39 is 12.5 Å². The molecule has 0 amide bonds. The first-order chi connectivity index (χ1) is 9.94. The van der Waals surface area contributed by atoms with Gasteiger partial charge in [-0.3, -0.25) is 0 Å². The Morgan fingerprint density at radius 3 is 2.43 bits per heavy atom. The van der Waals surface area contributed by atoms with Crippen LogP contribution in [0.4, 0.5) is 17.6 Å². The van der Waals surface area contributed by atoms with Crippen molar-refractivity contribution in [1.29, 1.82) is 5.26 Å². The van der Waals surface area contributed by atoms with Crippen LogP contribution in [-0.2, 0) is 0 Å². The van der Waals surface area contributed by atoms with Gasteiger partial charge in [-0.2, -0.15) is 22.8 Å². The van der Waals surface area contributed by atoms with Gasteiger partial charge in [-0.25, -0.2) is 0 Å². The fraction of sp³-hybridized carbons (Fsp3) is 0.133. The number of ether oxygens (including phenoxy) is 1. The van der Waals surface area contributed by atoms with Crippen LogP contribution in [0.5, 0.6) is 5.75 Å². The van der Waals surface area contributed by atoms with Gasteiger partial charge in [0, 0.05) is 5.56 Å². The van der Waals surface area contributed by atoms with Crippen LogP contribution in [0.2, 0.25) is 0 Å². The summed E-state index contributed by atoms with van der Waals surface area (Å²) in [6.45, 7) is 0. The van der Waals surface area contributed by atoms with Crippen molar-refractivity contribution < 1.29 is 22.3 Å². The highest BCUT2D eigenvalue weighted by atomic mass is 19.3. The van der Waals surface area contributed by atoms with Gasteiger partial charge in [-0.1, -0.05) is 30.3 Å². The van der Waals surface area contributed by atoms with Gasteiger partial charge in [0.2, 0.25) is 0 Å². The minimum Gasteiger partial charge on any atom is -0.428 e. The predicted octanol–water partition coefficient (Wildman–Crippen LogP) is 4.46. The van der Waals surface area contributed by atoms with Gasteiger partial charge in [0.15, 0.2) is 0 Å². The Morgan fingerprint density at radius 2 is 1.76 bits per heavy atom. The number of para-hydroxylation sites is 1. The SMILES string of the molecule is N#Cc1cccc(-c2ccccc2OC(F)(F)C(F)F)c1. The van der Waals surface area contributed by atoms with Crippen molar-refractivity contribution in [2.24, 2.45) is 0 Å². The quantitative estimate of drug-likeness (QED) is 0.780. The minimum atomic E-state index is -4.58. The second-order valence-electron chi connectivity index (χ2n) is 4.15. The maximum atomic E-state index is 13.0. The Morgan fingerprint density at radius 1 is 1.05 bits per heavy atom. The van der Waals surface area contributed by atoms with E-state index in [4.69, 9.17) is 5.26 Å². The molecule has 0 aliphatic heterocycles. The Kier molecular flexibility index (Phi) is 4.13. The molecule has 21 heavy (non-hydrogen) atoms. The molecule has 2 aromatic rings. The lowest BCUT2D eigenvalue weighted by molar-refractivity contribution is -0.253. The summed E-state index contributed by atoms with van der Waals surface area (Å²) in [7, 11) is 0. The number of hydrogen-bond acceptors (Lipinski definition) is 2. The van der Waals surface area contributed by atoms with Crippen LogP contribution in [0.25, 0.3) is 11.1 Å². The van der Waals surface area contributed by atoms with Crippen LogP contribution in [0.3, 0.4) is 0 Å². The fourth-order valence-corrected chi connectivity index (χ4v) is 1.74. The number of halogens is 4. The van der Waals surface area contributed by atoms with Crippen molar-refractivity contribution >= 4 is 0 Å². The zero-order valence-corrected chi connectivity index (χ0v) is 10.6. The molecule has 0 aliphatic rings. The summed E-state index contributed by atoms with van der Waals surface area (Å²) in [5.41, 5.74) is 0.951. The van der Waals surface area contributed by atoms with Crippen LogP contribution in [-0.4, -0.2) is 12.5 Å². The van der Waals surface area contributed by atoms with E-state index in [0.717, 1.165) is 0 Å². The second-order valence-corrected chi connectivity index (χ2v) is 4.15. The largest absolute Gasteiger partial charge is 0.461 e. The highest BCUT2D eigenvalue weighted by molar-refractivity contribution is 5.71. The molecule has 0 radical (unpaired) electrons. The highest BCUT2D eigenvalue weighted by Crippen LogP contribution is 2.35. The van der Waals surface area contributed by atoms with E-state index in [1.165, 1.54) is 24.3 Å². The van der Waals surface area contributed by atoms with Crippen molar-refractivity contribution in [3.8, 4) is 22.9 Å². The third-order valence-electron chi connectivity index (χ3n) is 2.69.